The number of rotatable bonds is 3. The highest BCUT2D eigenvalue weighted by Gasteiger charge is 2.13. The fraction of sp³-hybridized carbons (Fsp3) is 0.0417. The standard InChI is InChI=1S/C9H4O3.C8H6O4.C7H9NO/c10-7-5-3-1-2-4-6(5)8(11)9(7)12;9-7(10)5-3-1-2-4-6(5)8(11)12;1-9-7-4-2-6(8)3-5-7/h1-4H;1-4H,(H,9,10)(H,11,12);2-5H,8H2,1H3. The minimum Gasteiger partial charge on any atom is -0.497 e. The number of carboxylic acids is 2. The minimum absolute atomic E-state index is 0.190. The lowest BCUT2D eigenvalue weighted by atomic mass is 10.1. The highest BCUT2D eigenvalue weighted by molar-refractivity contribution is 6.01. The summed E-state index contributed by atoms with van der Waals surface area (Å²) in [6.07, 6.45) is 0. The Kier molecular flexibility index (Phi) is 8.16. The molecule has 0 saturated carbocycles. The summed E-state index contributed by atoms with van der Waals surface area (Å²) >= 11 is 0. The summed E-state index contributed by atoms with van der Waals surface area (Å²) in [4.78, 5) is 53.9. The van der Waals surface area contributed by atoms with Gasteiger partial charge in [0.15, 0.2) is 0 Å². The lowest BCUT2D eigenvalue weighted by molar-refractivity contribution is 0.0651. The van der Waals surface area contributed by atoms with E-state index in [-0.39, 0.29) is 21.9 Å². The van der Waals surface area contributed by atoms with E-state index in [1.165, 1.54) is 36.4 Å². The van der Waals surface area contributed by atoms with Gasteiger partial charge in [-0.3, -0.25) is 14.4 Å². The first kappa shape index (κ1) is 24.5. The molecule has 4 rings (SSSR count). The van der Waals surface area contributed by atoms with Crippen LogP contribution in [0.2, 0.25) is 0 Å². The molecule has 0 saturated heterocycles. The van der Waals surface area contributed by atoms with E-state index in [2.05, 4.69) is 0 Å². The van der Waals surface area contributed by atoms with Crippen LogP contribution in [0.15, 0.2) is 87.2 Å². The van der Waals surface area contributed by atoms with E-state index in [0.29, 0.717) is 0 Å². The molecule has 0 radical (unpaired) electrons. The second-order valence-corrected chi connectivity index (χ2v) is 6.46. The number of fused-ring (bicyclic) bond motifs is 1. The van der Waals surface area contributed by atoms with E-state index in [4.69, 9.17) is 20.7 Å². The Morgan fingerprint density at radius 3 is 1.42 bits per heavy atom. The van der Waals surface area contributed by atoms with Gasteiger partial charge in [0.05, 0.1) is 18.2 Å². The van der Waals surface area contributed by atoms with Crippen molar-refractivity contribution in [1.82, 2.24) is 0 Å². The van der Waals surface area contributed by atoms with E-state index in [1.807, 2.05) is 12.1 Å². The van der Waals surface area contributed by atoms with Crippen molar-refractivity contribution in [3.63, 3.8) is 0 Å². The monoisotopic (exact) mass is 449 g/mol. The molecule has 0 aliphatic rings. The zero-order valence-corrected chi connectivity index (χ0v) is 17.3. The molecule has 0 heterocycles. The summed E-state index contributed by atoms with van der Waals surface area (Å²) in [5.41, 5.74) is 3.52. The molecular formula is C24H19NO8. The van der Waals surface area contributed by atoms with Gasteiger partial charge >= 0.3 is 11.9 Å². The third-order valence-corrected chi connectivity index (χ3v) is 4.33. The van der Waals surface area contributed by atoms with Crippen LogP contribution in [0.3, 0.4) is 0 Å². The number of hydrogen-bond donors (Lipinski definition) is 3. The zero-order chi connectivity index (χ0) is 24.5. The van der Waals surface area contributed by atoms with Crippen LogP contribution in [0.1, 0.15) is 20.7 Å². The summed E-state index contributed by atoms with van der Waals surface area (Å²) in [5.74, 6) is -1.62. The Labute approximate surface area is 186 Å². The highest BCUT2D eigenvalue weighted by Crippen LogP contribution is 2.11. The van der Waals surface area contributed by atoms with E-state index in [9.17, 15) is 24.0 Å². The van der Waals surface area contributed by atoms with Crippen LogP contribution < -0.4 is 26.8 Å². The Bertz CT molecular complexity index is 1330. The molecule has 9 heteroatoms. The molecule has 4 N–H and O–H groups in total. The lowest BCUT2D eigenvalue weighted by Gasteiger charge is -1.98. The Balaban J connectivity index is 0.000000177. The van der Waals surface area contributed by atoms with Crippen LogP contribution in [0.4, 0.5) is 5.69 Å². The van der Waals surface area contributed by atoms with Gasteiger partial charge in [-0.1, -0.05) is 36.4 Å². The Morgan fingerprint density at radius 2 is 1.06 bits per heavy atom. The van der Waals surface area contributed by atoms with E-state index < -0.39 is 28.2 Å². The van der Waals surface area contributed by atoms with E-state index in [1.54, 1.807) is 31.4 Å². The number of carbonyl (C=O) groups is 2. The predicted octanol–water partition coefficient (Wildman–Crippen LogP) is 2.16. The maximum atomic E-state index is 11.0. The molecule has 4 aromatic carbocycles. The largest absolute Gasteiger partial charge is 0.497 e. The van der Waals surface area contributed by atoms with Gasteiger partial charge in [0, 0.05) is 16.5 Å². The van der Waals surface area contributed by atoms with Crippen molar-refractivity contribution in [3.8, 4) is 5.75 Å². The summed E-state index contributed by atoms with van der Waals surface area (Å²) in [5, 5.41) is 17.6. The fourth-order valence-corrected chi connectivity index (χ4v) is 2.69. The molecule has 0 aliphatic heterocycles. The summed E-state index contributed by atoms with van der Waals surface area (Å²) in [6.45, 7) is 0. The zero-order valence-electron chi connectivity index (χ0n) is 17.3. The number of nitrogens with two attached hydrogens (primary N) is 1. The third-order valence-electron chi connectivity index (χ3n) is 4.33. The molecule has 0 atom stereocenters. The fourth-order valence-electron chi connectivity index (χ4n) is 2.69. The molecule has 0 aromatic heterocycles. The first-order valence-electron chi connectivity index (χ1n) is 9.34. The van der Waals surface area contributed by atoms with E-state index >= 15 is 0 Å². The second kappa shape index (κ2) is 11.0. The molecule has 0 aliphatic carbocycles. The maximum Gasteiger partial charge on any atom is 0.336 e. The van der Waals surface area contributed by atoms with Crippen LogP contribution in [0, 0.1) is 0 Å². The SMILES string of the molecule is COc1ccc(N)cc1.O=C(O)c1ccccc1C(=O)O.O=c1c(=O)c2ccccc2c1=O. The summed E-state index contributed by atoms with van der Waals surface area (Å²) < 4.78 is 4.91. The molecule has 0 amide bonds. The molecular weight excluding hydrogens is 430 g/mol. The molecule has 9 nitrogen and oxygen atoms in total. The second-order valence-electron chi connectivity index (χ2n) is 6.46. The van der Waals surface area contributed by atoms with Gasteiger partial charge in [0.2, 0.25) is 10.9 Å². The van der Waals surface area contributed by atoms with Gasteiger partial charge in [-0.05, 0) is 36.4 Å². The third kappa shape index (κ3) is 6.11. The highest BCUT2D eigenvalue weighted by atomic mass is 16.5. The number of carboxylic acid groups (broad SMARTS) is 2. The quantitative estimate of drug-likeness (QED) is 0.314. The minimum atomic E-state index is -1.23. The van der Waals surface area contributed by atoms with Gasteiger partial charge in [-0.15, -0.1) is 0 Å². The van der Waals surface area contributed by atoms with Crippen molar-refractivity contribution in [2.24, 2.45) is 0 Å². The van der Waals surface area contributed by atoms with Crippen LogP contribution in [-0.4, -0.2) is 29.3 Å². The average Bonchev–Trinajstić information content (AvgIpc) is 3.04. The number of hydrogen-bond acceptors (Lipinski definition) is 7. The topological polar surface area (TPSA) is 161 Å². The summed E-state index contributed by atoms with van der Waals surface area (Å²) in [7, 11) is 1.63. The molecule has 168 valence electrons. The van der Waals surface area contributed by atoms with Crippen molar-refractivity contribution in [3.05, 3.63) is 115 Å². The van der Waals surface area contributed by atoms with Gasteiger partial charge in [0.1, 0.15) is 5.75 Å². The molecule has 0 spiro atoms. The molecule has 4 aromatic rings. The molecule has 33 heavy (non-hydrogen) atoms. The Morgan fingerprint density at radius 1 is 0.667 bits per heavy atom. The van der Waals surface area contributed by atoms with E-state index in [0.717, 1.165) is 11.4 Å². The van der Waals surface area contributed by atoms with Crippen molar-refractivity contribution in [1.29, 1.82) is 0 Å². The number of benzene rings is 3. The summed E-state index contributed by atoms with van der Waals surface area (Å²) in [6, 6.07) is 19.0. The molecule has 0 fully saturated rings. The number of anilines is 1. The number of nitrogen functional groups attached to an aromatic ring is 1. The first-order chi connectivity index (χ1) is 15.7. The van der Waals surface area contributed by atoms with Gasteiger partial charge in [-0.2, -0.15) is 0 Å². The van der Waals surface area contributed by atoms with Crippen LogP contribution in [-0.2, 0) is 0 Å². The predicted molar refractivity (Wildman–Crippen MR) is 123 cm³/mol. The number of ether oxygens (including phenoxy) is 1. The van der Waals surface area contributed by atoms with Crippen LogP contribution in [0.25, 0.3) is 10.8 Å². The van der Waals surface area contributed by atoms with Gasteiger partial charge in [-0.25, -0.2) is 9.59 Å². The van der Waals surface area contributed by atoms with Crippen molar-refractivity contribution in [2.75, 3.05) is 12.8 Å². The maximum absolute atomic E-state index is 11.0. The Hall–Kier alpha value is -4.79. The lowest BCUT2D eigenvalue weighted by Crippen LogP contribution is -2.29. The van der Waals surface area contributed by atoms with Crippen LogP contribution in [0.5, 0.6) is 5.75 Å². The van der Waals surface area contributed by atoms with Crippen molar-refractivity contribution in [2.45, 2.75) is 0 Å². The van der Waals surface area contributed by atoms with Crippen molar-refractivity contribution < 1.29 is 24.5 Å². The first-order valence-corrected chi connectivity index (χ1v) is 9.34. The number of methoxy groups -OCH3 is 1. The molecule has 0 unspecified atom stereocenters. The van der Waals surface area contributed by atoms with Gasteiger partial charge in [0.25, 0.3) is 5.43 Å². The average molecular weight is 449 g/mol. The normalized spacial score (nSPS) is 9.73. The number of aromatic carboxylic acids is 2. The smallest absolute Gasteiger partial charge is 0.336 e. The molecule has 0 bridgehead atoms. The van der Waals surface area contributed by atoms with Crippen LogP contribution >= 0.6 is 0 Å². The van der Waals surface area contributed by atoms with Gasteiger partial charge < -0.3 is 20.7 Å². The van der Waals surface area contributed by atoms with Crippen molar-refractivity contribution >= 4 is 28.4 Å².